The van der Waals surface area contributed by atoms with E-state index in [4.69, 9.17) is 0 Å². The lowest BCUT2D eigenvalue weighted by Gasteiger charge is -2.08. The largest absolute Gasteiger partial charge is 0.621 e. The number of nitroso groups, excluding NO2 is 1. The van der Waals surface area contributed by atoms with E-state index < -0.39 is 15.6 Å². The van der Waals surface area contributed by atoms with E-state index in [-0.39, 0.29) is 5.56 Å². The van der Waals surface area contributed by atoms with Crippen LogP contribution in [0, 0.1) is 25.1 Å². The fraction of sp³-hybridized carbons (Fsp3) is 0.143. The highest BCUT2D eigenvalue weighted by Gasteiger charge is 2.61. The number of benzene rings is 1. The average molecular weight is 211 g/mol. The summed E-state index contributed by atoms with van der Waals surface area (Å²) >= 11 is 0. The van der Waals surface area contributed by atoms with Crippen molar-refractivity contribution in [3.8, 4) is 0 Å². The van der Waals surface area contributed by atoms with Gasteiger partial charge >= 0.3 is 5.79 Å². The standard InChI is InChI=1S/C7H5N3O5/c11-8-7(9(12)13,10(14)15)6-4-2-1-3-5-6/h1-5H. The summed E-state index contributed by atoms with van der Waals surface area (Å²) < 4.78 is 0. The molecule has 0 aliphatic rings. The molecule has 0 saturated carbocycles. The minimum Gasteiger partial charge on any atom is -0.256 e. The lowest BCUT2D eigenvalue weighted by atomic mass is 10.1. The second-order valence-corrected chi connectivity index (χ2v) is 2.61. The number of hydrogen-bond acceptors (Lipinski definition) is 6. The number of rotatable bonds is 4. The number of hydrogen-bond donors (Lipinski definition) is 0. The molecule has 0 bridgehead atoms. The summed E-state index contributed by atoms with van der Waals surface area (Å²) in [7, 11) is 0. The van der Waals surface area contributed by atoms with Crippen molar-refractivity contribution in [1.82, 2.24) is 0 Å². The molecule has 1 rings (SSSR count). The van der Waals surface area contributed by atoms with E-state index in [1.165, 1.54) is 18.2 Å². The third-order valence-corrected chi connectivity index (χ3v) is 1.80. The van der Waals surface area contributed by atoms with Crippen LogP contribution in [-0.2, 0) is 5.79 Å². The zero-order chi connectivity index (χ0) is 11.5. The van der Waals surface area contributed by atoms with Gasteiger partial charge in [0.1, 0.15) is 15.4 Å². The second-order valence-electron chi connectivity index (χ2n) is 2.61. The maximum atomic E-state index is 10.6. The molecular formula is C7H5N3O5. The first-order chi connectivity index (χ1) is 7.05. The molecule has 1 aromatic rings. The number of nitrogens with zero attached hydrogens (tertiary/aromatic N) is 3. The van der Waals surface area contributed by atoms with Crippen LogP contribution >= 0.6 is 0 Å². The van der Waals surface area contributed by atoms with Gasteiger partial charge in [-0.2, -0.15) is 0 Å². The van der Waals surface area contributed by atoms with Crippen molar-refractivity contribution in [3.05, 3.63) is 61.0 Å². The first kappa shape index (κ1) is 10.7. The molecule has 0 fully saturated rings. The summed E-state index contributed by atoms with van der Waals surface area (Å²) in [6, 6.07) is 6.42. The SMILES string of the molecule is O=NC(c1ccccc1)([N+](=O)[O-])[N+](=O)[O-]. The monoisotopic (exact) mass is 211 g/mol. The van der Waals surface area contributed by atoms with Crippen LogP contribution in [0.4, 0.5) is 0 Å². The molecule has 0 amide bonds. The average Bonchev–Trinajstić information content (AvgIpc) is 2.20. The van der Waals surface area contributed by atoms with Gasteiger partial charge in [-0.3, -0.25) is 20.2 Å². The van der Waals surface area contributed by atoms with Gasteiger partial charge in [0.15, 0.2) is 0 Å². The first-order valence-corrected chi connectivity index (χ1v) is 3.74. The maximum absolute atomic E-state index is 10.6. The van der Waals surface area contributed by atoms with Crippen LogP contribution in [0.5, 0.6) is 0 Å². The van der Waals surface area contributed by atoms with Gasteiger partial charge in [-0.05, 0) is 12.1 Å². The van der Waals surface area contributed by atoms with Crippen LogP contribution in [0.3, 0.4) is 0 Å². The van der Waals surface area contributed by atoms with E-state index >= 15 is 0 Å². The third-order valence-electron chi connectivity index (χ3n) is 1.80. The van der Waals surface area contributed by atoms with E-state index in [9.17, 15) is 25.1 Å². The highest BCUT2D eigenvalue weighted by molar-refractivity contribution is 5.19. The Bertz CT molecular complexity index is 390. The molecule has 0 spiro atoms. The van der Waals surface area contributed by atoms with Crippen molar-refractivity contribution in [2.75, 3.05) is 0 Å². The fourth-order valence-corrected chi connectivity index (χ4v) is 1.06. The summed E-state index contributed by atoms with van der Waals surface area (Å²) in [6.45, 7) is 0. The van der Waals surface area contributed by atoms with Crippen LogP contribution in [0.15, 0.2) is 35.5 Å². The van der Waals surface area contributed by atoms with Crippen LogP contribution in [0.2, 0.25) is 0 Å². The topological polar surface area (TPSA) is 116 Å². The van der Waals surface area contributed by atoms with Gasteiger partial charge in [-0.15, -0.1) is 4.91 Å². The van der Waals surface area contributed by atoms with E-state index in [2.05, 4.69) is 0 Å². The molecule has 0 saturated heterocycles. The Hall–Kier alpha value is -2.38. The highest BCUT2D eigenvalue weighted by atomic mass is 16.7. The predicted octanol–water partition coefficient (Wildman–Crippen LogP) is 1.12. The quantitative estimate of drug-likeness (QED) is 0.320. The predicted molar refractivity (Wildman–Crippen MR) is 47.9 cm³/mol. The van der Waals surface area contributed by atoms with E-state index in [1.54, 1.807) is 0 Å². The molecule has 0 aromatic heterocycles. The summed E-state index contributed by atoms with van der Waals surface area (Å²) in [5.41, 5.74) is -0.380. The molecule has 8 nitrogen and oxygen atoms in total. The molecule has 0 aliphatic heterocycles. The molecule has 0 radical (unpaired) electrons. The Balaban J connectivity index is 3.42. The fourth-order valence-electron chi connectivity index (χ4n) is 1.06. The minimum atomic E-state index is -3.15. The molecule has 0 heterocycles. The lowest BCUT2D eigenvalue weighted by Crippen LogP contribution is -2.41. The lowest BCUT2D eigenvalue weighted by molar-refractivity contribution is -0.808. The van der Waals surface area contributed by atoms with E-state index in [0.717, 1.165) is 12.1 Å². The molecule has 0 N–H and O–H groups in total. The molecule has 15 heavy (non-hydrogen) atoms. The van der Waals surface area contributed by atoms with Crippen molar-refractivity contribution >= 4 is 0 Å². The molecule has 0 aliphatic carbocycles. The molecule has 78 valence electrons. The smallest absolute Gasteiger partial charge is 0.256 e. The second kappa shape index (κ2) is 3.78. The first-order valence-electron chi connectivity index (χ1n) is 3.74. The van der Waals surface area contributed by atoms with Crippen LogP contribution in [0.1, 0.15) is 5.56 Å². The van der Waals surface area contributed by atoms with Crippen molar-refractivity contribution in [2.24, 2.45) is 5.18 Å². The van der Waals surface area contributed by atoms with Crippen molar-refractivity contribution in [1.29, 1.82) is 0 Å². The van der Waals surface area contributed by atoms with E-state index in [1.807, 2.05) is 5.18 Å². The summed E-state index contributed by atoms with van der Waals surface area (Å²) in [6.07, 6.45) is 0. The molecule has 0 atom stereocenters. The zero-order valence-corrected chi connectivity index (χ0v) is 7.27. The van der Waals surface area contributed by atoms with Crippen LogP contribution in [0.25, 0.3) is 0 Å². The van der Waals surface area contributed by atoms with Crippen LogP contribution in [-0.4, -0.2) is 9.85 Å². The highest BCUT2D eigenvalue weighted by Crippen LogP contribution is 2.26. The Morgan fingerprint density at radius 3 is 1.87 bits per heavy atom. The van der Waals surface area contributed by atoms with E-state index in [0.29, 0.717) is 0 Å². The number of nitro groups is 2. The minimum absolute atomic E-state index is 0.380. The van der Waals surface area contributed by atoms with Gasteiger partial charge in [0, 0.05) is 0 Å². The van der Waals surface area contributed by atoms with Crippen molar-refractivity contribution in [2.45, 2.75) is 5.79 Å². The van der Waals surface area contributed by atoms with Gasteiger partial charge in [-0.1, -0.05) is 18.2 Å². The summed E-state index contributed by atoms with van der Waals surface area (Å²) in [5, 5.41) is 23.2. The Morgan fingerprint density at radius 1 is 1.07 bits per heavy atom. The Kier molecular flexibility index (Phi) is 2.70. The normalized spacial score (nSPS) is 10.7. The van der Waals surface area contributed by atoms with Crippen molar-refractivity contribution in [3.63, 3.8) is 0 Å². The van der Waals surface area contributed by atoms with Crippen molar-refractivity contribution < 1.29 is 9.85 Å². The van der Waals surface area contributed by atoms with Gasteiger partial charge < -0.3 is 0 Å². The van der Waals surface area contributed by atoms with Gasteiger partial charge in [0.05, 0.1) is 5.18 Å². The van der Waals surface area contributed by atoms with Gasteiger partial charge in [0.2, 0.25) is 0 Å². The molecular weight excluding hydrogens is 206 g/mol. The van der Waals surface area contributed by atoms with Gasteiger partial charge in [-0.25, -0.2) is 0 Å². The summed E-state index contributed by atoms with van der Waals surface area (Å²) in [4.78, 5) is 28.9. The van der Waals surface area contributed by atoms with Gasteiger partial charge in [0.25, 0.3) is 0 Å². The summed E-state index contributed by atoms with van der Waals surface area (Å²) in [5.74, 6) is -3.15. The molecule has 0 unspecified atom stereocenters. The molecule has 1 aromatic carbocycles. The third kappa shape index (κ3) is 1.52. The Labute approximate surface area is 82.8 Å². The Morgan fingerprint density at radius 2 is 1.53 bits per heavy atom. The molecule has 8 heteroatoms. The van der Waals surface area contributed by atoms with Crippen LogP contribution < -0.4 is 0 Å². The zero-order valence-electron chi connectivity index (χ0n) is 7.27. The maximum Gasteiger partial charge on any atom is 0.621 e.